The Balaban J connectivity index is 2.54. The van der Waals surface area contributed by atoms with Gasteiger partial charge in [0.25, 0.3) is 0 Å². The fraction of sp³-hybridized carbons (Fsp3) is 0.588. The summed E-state index contributed by atoms with van der Waals surface area (Å²) >= 11 is 0. The molecule has 22 heavy (non-hydrogen) atoms. The molecule has 1 aromatic rings. The SMILES string of the molecule is CCCCNC(=O)C(C)(C)C(=O)N(C)CCc1ccncc1. The lowest BCUT2D eigenvalue weighted by atomic mass is 9.90. The van der Waals surface area contributed by atoms with Gasteiger partial charge in [-0.05, 0) is 44.4 Å². The van der Waals surface area contributed by atoms with Gasteiger partial charge in [0.2, 0.25) is 11.8 Å². The average molecular weight is 305 g/mol. The molecule has 0 aliphatic carbocycles. The molecule has 122 valence electrons. The number of amides is 2. The molecule has 0 bridgehead atoms. The average Bonchev–Trinajstić information content (AvgIpc) is 2.52. The Morgan fingerprint density at radius 1 is 1.27 bits per heavy atom. The normalized spacial score (nSPS) is 11.1. The van der Waals surface area contributed by atoms with Crippen molar-refractivity contribution in [2.75, 3.05) is 20.1 Å². The number of aromatic nitrogens is 1. The lowest BCUT2D eigenvalue weighted by Gasteiger charge is -2.28. The lowest BCUT2D eigenvalue weighted by molar-refractivity contribution is -0.147. The van der Waals surface area contributed by atoms with Crippen LogP contribution in [0.25, 0.3) is 0 Å². The number of rotatable bonds is 8. The molecule has 1 heterocycles. The second-order valence-corrected chi connectivity index (χ2v) is 6.07. The molecule has 0 saturated carbocycles. The maximum absolute atomic E-state index is 12.5. The predicted molar refractivity (Wildman–Crippen MR) is 87.3 cm³/mol. The summed E-state index contributed by atoms with van der Waals surface area (Å²) in [5, 5.41) is 2.84. The highest BCUT2D eigenvalue weighted by Gasteiger charge is 2.37. The molecule has 2 amide bonds. The van der Waals surface area contributed by atoms with Crippen molar-refractivity contribution < 1.29 is 9.59 Å². The standard InChI is InChI=1S/C17H27N3O2/c1-5-6-10-19-15(21)17(2,3)16(22)20(4)13-9-14-7-11-18-12-8-14/h7-8,11-12H,5-6,9-10,13H2,1-4H3,(H,19,21). The van der Waals surface area contributed by atoms with Gasteiger partial charge in [0, 0.05) is 32.5 Å². The van der Waals surface area contributed by atoms with Crippen molar-refractivity contribution in [3.8, 4) is 0 Å². The fourth-order valence-corrected chi connectivity index (χ4v) is 2.12. The highest BCUT2D eigenvalue weighted by Crippen LogP contribution is 2.19. The van der Waals surface area contributed by atoms with Crippen LogP contribution in [-0.2, 0) is 16.0 Å². The van der Waals surface area contributed by atoms with Crippen molar-refractivity contribution >= 4 is 11.8 Å². The summed E-state index contributed by atoms with van der Waals surface area (Å²) in [4.78, 5) is 30.3. The summed E-state index contributed by atoms with van der Waals surface area (Å²) in [6.45, 7) is 6.62. The molecular weight excluding hydrogens is 278 g/mol. The number of hydrogen-bond donors (Lipinski definition) is 1. The van der Waals surface area contributed by atoms with E-state index in [9.17, 15) is 9.59 Å². The Labute approximate surface area is 133 Å². The second-order valence-electron chi connectivity index (χ2n) is 6.07. The van der Waals surface area contributed by atoms with Crippen molar-refractivity contribution in [3.05, 3.63) is 30.1 Å². The number of hydrogen-bond acceptors (Lipinski definition) is 3. The minimum atomic E-state index is -1.04. The maximum Gasteiger partial charge on any atom is 0.237 e. The van der Waals surface area contributed by atoms with Gasteiger partial charge in [-0.25, -0.2) is 0 Å². The Morgan fingerprint density at radius 3 is 2.50 bits per heavy atom. The smallest absolute Gasteiger partial charge is 0.237 e. The minimum Gasteiger partial charge on any atom is -0.355 e. The van der Waals surface area contributed by atoms with Crippen LogP contribution >= 0.6 is 0 Å². The molecule has 0 aliphatic heterocycles. The van der Waals surface area contributed by atoms with E-state index in [1.165, 1.54) is 0 Å². The summed E-state index contributed by atoms with van der Waals surface area (Å²) in [7, 11) is 1.74. The van der Waals surface area contributed by atoms with Crippen molar-refractivity contribution in [2.24, 2.45) is 5.41 Å². The number of nitrogens with one attached hydrogen (secondary N) is 1. The van der Waals surface area contributed by atoms with Gasteiger partial charge in [-0.1, -0.05) is 13.3 Å². The van der Waals surface area contributed by atoms with Crippen molar-refractivity contribution in [3.63, 3.8) is 0 Å². The number of nitrogens with zero attached hydrogens (tertiary/aromatic N) is 2. The van der Waals surface area contributed by atoms with Crippen molar-refractivity contribution in [1.82, 2.24) is 15.2 Å². The first-order valence-electron chi connectivity index (χ1n) is 7.82. The third-order valence-corrected chi connectivity index (χ3v) is 3.75. The topological polar surface area (TPSA) is 62.3 Å². The summed E-state index contributed by atoms with van der Waals surface area (Å²) in [6.07, 6.45) is 6.16. The quantitative estimate of drug-likeness (QED) is 0.590. The van der Waals surface area contributed by atoms with E-state index in [-0.39, 0.29) is 11.8 Å². The van der Waals surface area contributed by atoms with E-state index in [0.29, 0.717) is 13.1 Å². The summed E-state index contributed by atoms with van der Waals surface area (Å²) < 4.78 is 0. The molecule has 0 atom stereocenters. The highest BCUT2D eigenvalue weighted by atomic mass is 16.2. The molecule has 0 radical (unpaired) electrons. The third kappa shape index (κ3) is 5.13. The summed E-state index contributed by atoms with van der Waals surface area (Å²) in [6, 6.07) is 3.86. The van der Waals surface area contributed by atoms with E-state index in [2.05, 4.69) is 17.2 Å². The Hall–Kier alpha value is -1.91. The molecule has 0 fully saturated rings. The van der Waals surface area contributed by atoms with Gasteiger partial charge in [-0.2, -0.15) is 0 Å². The van der Waals surface area contributed by atoms with E-state index in [1.54, 1.807) is 38.2 Å². The molecule has 0 aromatic carbocycles. The molecular formula is C17H27N3O2. The molecule has 1 aromatic heterocycles. The molecule has 1 rings (SSSR count). The van der Waals surface area contributed by atoms with Gasteiger partial charge in [0.05, 0.1) is 0 Å². The Kier molecular flexibility index (Phi) is 7.02. The van der Waals surface area contributed by atoms with Crippen LogP contribution in [0, 0.1) is 5.41 Å². The van der Waals surface area contributed by atoms with Crippen LogP contribution in [0.15, 0.2) is 24.5 Å². The molecule has 0 aliphatic rings. The molecule has 0 spiro atoms. The van der Waals surface area contributed by atoms with Crippen LogP contribution in [0.4, 0.5) is 0 Å². The number of pyridine rings is 1. The lowest BCUT2D eigenvalue weighted by Crippen LogP contribution is -2.49. The number of carbonyl (C=O) groups is 2. The number of likely N-dealkylation sites (N-methyl/N-ethyl adjacent to an activating group) is 1. The van der Waals surface area contributed by atoms with Gasteiger partial charge in [-0.15, -0.1) is 0 Å². The molecule has 1 N–H and O–H groups in total. The van der Waals surface area contributed by atoms with Gasteiger partial charge in [0.15, 0.2) is 0 Å². The van der Waals surface area contributed by atoms with Crippen molar-refractivity contribution in [1.29, 1.82) is 0 Å². The minimum absolute atomic E-state index is 0.157. The first-order valence-corrected chi connectivity index (χ1v) is 7.82. The van der Waals surface area contributed by atoms with Gasteiger partial charge < -0.3 is 10.2 Å². The Morgan fingerprint density at radius 2 is 1.91 bits per heavy atom. The molecule has 0 unspecified atom stereocenters. The van der Waals surface area contributed by atoms with E-state index in [0.717, 1.165) is 24.8 Å². The van der Waals surface area contributed by atoms with E-state index in [1.807, 2.05) is 12.1 Å². The van der Waals surface area contributed by atoms with Crippen LogP contribution in [0.5, 0.6) is 0 Å². The van der Waals surface area contributed by atoms with E-state index < -0.39 is 5.41 Å². The summed E-state index contributed by atoms with van der Waals surface area (Å²) in [5.41, 5.74) is 0.0839. The van der Waals surface area contributed by atoms with Gasteiger partial charge >= 0.3 is 0 Å². The van der Waals surface area contributed by atoms with Crippen LogP contribution in [0.1, 0.15) is 39.2 Å². The predicted octanol–water partition coefficient (Wildman–Crippen LogP) is 2.02. The zero-order chi connectivity index (χ0) is 16.6. The zero-order valence-electron chi connectivity index (χ0n) is 14.1. The van der Waals surface area contributed by atoms with Crippen molar-refractivity contribution in [2.45, 2.75) is 40.0 Å². The molecule has 5 nitrogen and oxygen atoms in total. The van der Waals surface area contributed by atoms with E-state index in [4.69, 9.17) is 0 Å². The number of carbonyl (C=O) groups excluding carboxylic acids is 2. The van der Waals surface area contributed by atoms with E-state index >= 15 is 0 Å². The zero-order valence-corrected chi connectivity index (χ0v) is 14.1. The van der Waals surface area contributed by atoms with Crippen LogP contribution in [0.2, 0.25) is 0 Å². The third-order valence-electron chi connectivity index (χ3n) is 3.75. The van der Waals surface area contributed by atoms with Crippen LogP contribution < -0.4 is 5.32 Å². The highest BCUT2D eigenvalue weighted by molar-refractivity contribution is 6.04. The maximum atomic E-state index is 12.5. The summed E-state index contributed by atoms with van der Waals surface area (Å²) in [5.74, 6) is -0.364. The molecule has 5 heteroatoms. The number of unbranched alkanes of at least 4 members (excludes halogenated alkanes) is 1. The monoisotopic (exact) mass is 305 g/mol. The van der Waals surface area contributed by atoms with Crippen LogP contribution in [-0.4, -0.2) is 41.8 Å². The van der Waals surface area contributed by atoms with Gasteiger partial charge in [-0.3, -0.25) is 14.6 Å². The van der Waals surface area contributed by atoms with Gasteiger partial charge in [0.1, 0.15) is 5.41 Å². The fourth-order valence-electron chi connectivity index (χ4n) is 2.12. The first kappa shape index (κ1) is 18.1. The Bertz CT molecular complexity index is 486. The largest absolute Gasteiger partial charge is 0.355 e. The molecule has 0 saturated heterocycles. The first-order chi connectivity index (χ1) is 10.4. The van der Waals surface area contributed by atoms with Crippen LogP contribution in [0.3, 0.4) is 0 Å². The second kappa shape index (κ2) is 8.51.